The number of carbonyl (C=O) groups excluding carboxylic acids is 3. The largest absolute Gasteiger partial charge is 0.339 e. The van der Waals surface area contributed by atoms with E-state index in [0.717, 1.165) is 51.7 Å². The minimum Gasteiger partial charge on any atom is -0.339 e. The minimum absolute atomic E-state index is 0.107. The summed E-state index contributed by atoms with van der Waals surface area (Å²) in [7, 11) is 0. The first-order chi connectivity index (χ1) is 14.4. The number of likely N-dealkylation sites (tertiary alicyclic amines) is 2. The molecule has 0 aromatic rings. The first-order valence-corrected chi connectivity index (χ1v) is 11.8. The Morgan fingerprint density at radius 2 is 1.83 bits per heavy atom. The van der Waals surface area contributed by atoms with E-state index in [2.05, 4.69) is 29.4 Å². The zero-order valence-corrected chi connectivity index (χ0v) is 18.4. The number of fused-ring (bicyclic) bond motifs is 4. The van der Waals surface area contributed by atoms with Gasteiger partial charge in [-0.25, -0.2) is 9.59 Å². The molecule has 168 valence electrons. The summed E-state index contributed by atoms with van der Waals surface area (Å²) in [5.41, 5.74) is 0. The van der Waals surface area contributed by atoms with E-state index in [1.54, 1.807) is 0 Å². The van der Waals surface area contributed by atoms with Crippen molar-refractivity contribution in [3.63, 3.8) is 0 Å². The molecule has 0 spiro atoms. The molecule has 8 nitrogen and oxygen atoms in total. The standard InChI is InChI=1S/C22H37N5O3/c1-15(2)11-23-21(29)24-18-6-8-25(9-7-18)22(30)26-12-16-10-17(14-26)19-4-3-5-20(28)27(19)13-16/h15-19H,3-14H2,1-2H3,(H2,23,24,29)/t16-,17-,19-/m1/s1. The molecule has 4 rings (SSSR count). The lowest BCUT2D eigenvalue weighted by atomic mass is 9.76. The van der Waals surface area contributed by atoms with Crippen LogP contribution in [0.4, 0.5) is 9.59 Å². The van der Waals surface area contributed by atoms with E-state index in [1.807, 2.05) is 9.80 Å². The number of hydrogen-bond donors (Lipinski definition) is 2. The Morgan fingerprint density at radius 3 is 2.57 bits per heavy atom. The van der Waals surface area contributed by atoms with E-state index in [0.29, 0.717) is 55.8 Å². The lowest BCUT2D eigenvalue weighted by molar-refractivity contribution is -0.144. The fourth-order valence-corrected chi connectivity index (χ4v) is 5.71. The first kappa shape index (κ1) is 21.2. The second kappa shape index (κ2) is 9.02. The summed E-state index contributed by atoms with van der Waals surface area (Å²) in [4.78, 5) is 43.6. The second-order valence-electron chi connectivity index (χ2n) is 10.1. The summed E-state index contributed by atoms with van der Waals surface area (Å²) < 4.78 is 0. The van der Waals surface area contributed by atoms with Crippen molar-refractivity contribution in [2.75, 3.05) is 39.3 Å². The maximum Gasteiger partial charge on any atom is 0.320 e. The molecule has 2 bridgehead atoms. The summed E-state index contributed by atoms with van der Waals surface area (Å²) in [6.45, 7) is 8.56. The Hall–Kier alpha value is -1.99. The van der Waals surface area contributed by atoms with Gasteiger partial charge in [0, 0.05) is 57.8 Å². The molecule has 4 fully saturated rings. The van der Waals surface area contributed by atoms with Gasteiger partial charge in [0.1, 0.15) is 0 Å². The van der Waals surface area contributed by atoms with Gasteiger partial charge in [-0.15, -0.1) is 0 Å². The van der Waals surface area contributed by atoms with Gasteiger partial charge in [-0.05, 0) is 49.9 Å². The van der Waals surface area contributed by atoms with Gasteiger partial charge in [0.05, 0.1) is 0 Å². The average molecular weight is 420 g/mol. The minimum atomic E-state index is -0.107. The number of hydrogen-bond acceptors (Lipinski definition) is 3. The van der Waals surface area contributed by atoms with Gasteiger partial charge in [-0.2, -0.15) is 0 Å². The Bertz CT molecular complexity index is 661. The molecule has 4 aliphatic heterocycles. The van der Waals surface area contributed by atoms with Gasteiger partial charge >= 0.3 is 12.1 Å². The molecule has 8 heteroatoms. The van der Waals surface area contributed by atoms with Crippen molar-refractivity contribution in [1.29, 1.82) is 0 Å². The van der Waals surface area contributed by atoms with Crippen molar-refractivity contribution >= 4 is 18.0 Å². The van der Waals surface area contributed by atoms with Crippen LogP contribution in [0.15, 0.2) is 0 Å². The molecule has 4 heterocycles. The zero-order chi connectivity index (χ0) is 21.3. The smallest absolute Gasteiger partial charge is 0.320 e. The fourth-order valence-electron chi connectivity index (χ4n) is 5.71. The molecular formula is C22H37N5O3. The molecule has 0 aromatic carbocycles. The number of carbonyl (C=O) groups is 3. The third kappa shape index (κ3) is 4.67. The highest BCUT2D eigenvalue weighted by Gasteiger charge is 2.45. The Balaban J connectivity index is 1.26. The molecule has 3 atom stereocenters. The van der Waals surface area contributed by atoms with Crippen LogP contribution in [0, 0.1) is 17.8 Å². The third-order valence-corrected chi connectivity index (χ3v) is 7.22. The van der Waals surface area contributed by atoms with Gasteiger partial charge < -0.3 is 25.3 Å². The van der Waals surface area contributed by atoms with Crippen LogP contribution in [0.5, 0.6) is 0 Å². The van der Waals surface area contributed by atoms with E-state index in [9.17, 15) is 14.4 Å². The van der Waals surface area contributed by atoms with E-state index in [1.165, 1.54) is 0 Å². The average Bonchev–Trinajstić information content (AvgIpc) is 2.73. The van der Waals surface area contributed by atoms with E-state index in [-0.39, 0.29) is 18.1 Å². The van der Waals surface area contributed by atoms with Gasteiger partial charge in [-0.3, -0.25) is 4.79 Å². The molecule has 0 aromatic heterocycles. The SMILES string of the molecule is CC(C)CNC(=O)NC1CCN(C(=O)N2C[C@H]3C[C@H](C2)[C@H]2CCCC(=O)N2C3)CC1. The maximum absolute atomic E-state index is 13.2. The predicted octanol–water partition coefficient (Wildman–Crippen LogP) is 1.86. The highest BCUT2D eigenvalue weighted by molar-refractivity contribution is 5.78. The topological polar surface area (TPSA) is 85.0 Å². The van der Waals surface area contributed by atoms with Crippen LogP contribution in [0.3, 0.4) is 0 Å². The lowest BCUT2D eigenvalue weighted by Gasteiger charge is -2.53. The molecule has 0 saturated carbocycles. The van der Waals surface area contributed by atoms with Crippen molar-refractivity contribution in [3.8, 4) is 0 Å². The lowest BCUT2D eigenvalue weighted by Crippen LogP contribution is -2.62. The Kier molecular flexibility index (Phi) is 6.39. The van der Waals surface area contributed by atoms with Crippen molar-refractivity contribution in [2.45, 2.75) is 64.5 Å². The van der Waals surface area contributed by atoms with Gasteiger partial charge in [0.2, 0.25) is 5.91 Å². The zero-order valence-electron chi connectivity index (χ0n) is 18.4. The molecule has 0 aliphatic carbocycles. The van der Waals surface area contributed by atoms with Crippen LogP contribution in [0.1, 0.15) is 52.4 Å². The van der Waals surface area contributed by atoms with Crippen LogP contribution in [0.2, 0.25) is 0 Å². The number of nitrogens with one attached hydrogen (secondary N) is 2. The highest BCUT2D eigenvalue weighted by atomic mass is 16.2. The summed E-state index contributed by atoms with van der Waals surface area (Å²) >= 11 is 0. The van der Waals surface area contributed by atoms with Crippen LogP contribution in [-0.2, 0) is 4.79 Å². The van der Waals surface area contributed by atoms with Crippen molar-refractivity contribution in [2.24, 2.45) is 17.8 Å². The molecule has 0 radical (unpaired) electrons. The van der Waals surface area contributed by atoms with E-state index >= 15 is 0 Å². The quantitative estimate of drug-likeness (QED) is 0.732. The van der Waals surface area contributed by atoms with E-state index < -0.39 is 0 Å². The van der Waals surface area contributed by atoms with E-state index in [4.69, 9.17) is 0 Å². The van der Waals surface area contributed by atoms with Gasteiger partial charge in [0.15, 0.2) is 0 Å². The normalized spacial score (nSPS) is 29.6. The Morgan fingerprint density at radius 1 is 1.07 bits per heavy atom. The van der Waals surface area contributed by atoms with Crippen molar-refractivity contribution < 1.29 is 14.4 Å². The van der Waals surface area contributed by atoms with Gasteiger partial charge in [0.25, 0.3) is 0 Å². The molecule has 5 amide bonds. The third-order valence-electron chi connectivity index (χ3n) is 7.22. The summed E-state index contributed by atoms with van der Waals surface area (Å²) in [5, 5.41) is 5.94. The number of amides is 5. The predicted molar refractivity (Wildman–Crippen MR) is 114 cm³/mol. The van der Waals surface area contributed by atoms with Crippen LogP contribution >= 0.6 is 0 Å². The first-order valence-electron chi connectivity index (χ1n) is 11.8. The molecular weight excluding hydrogens is 382 g/mol. The number of nitrogens with zero attached hydrogens (tertiary/aromatic N) is 3. The summed E-state index contributed by atoms with van der Waals surface area (Å²) in [6.07, 6.45) is 5.51. The molecule has 4 aliphatic rings. The molecule has 2 N–H and O–H groups in total. The number of piperidine rings is 4. The second-order valence-corrected chi connectivity index (χ2v) is 10.1. The Labute approximate surface area is 179 Å². The highest BCUT2D eigenvalue weighted by Crippen LogP contribution is 2.38. The van der Waals surface area contributed by atoms with Gasteiger partial charge in [-0.1, -0.05) is 13.8 Å². The molecule has 0 unspecified atom stereocenters. The van der Waals surface area contributed by atoms with Crippen LogP contribution in [0.25, 0.3) is 0 Å². The van der Waals surface area contributed by atoms with Crippen molar-refractivity contribution in [1.82, 2.24) is 25.3 Å². The molecule has 30 heavy (non-hydrogen) atoms. The van der Waals surface area contributed by atoms with Crippen LogP contribution in [-0.4, -0.2) is 84.0 Å². The number of urea groups is 2. The summed E-state index contributed by atoms with van der Waals surface area (Å²) in [5.74, 6) is 1.58. The number of rotatable bonds is 3. The maximum atomic E-state index is 13.2. The van der Waals surface area contributed by atoms with Crippen molar-refractivity contribution in [3.05, 3.63) is 0 Å². The monoisotopic (exact) mass is 419 g/mol. The molecule has 4 saturated heterocycles. The summed E-state index contributed by atoms with van der Waals surface area (Å²) in [6, 6.07) is 0.494. The van der Waals surface area contributed by atoms with Crippen LogP contribution < -0.4 is 10.6 Å². The fraction of sp³-hybridized carbons (Fsp3) is 0.864.